The Bertz CT molecular complexity index is 262. The van der Waals surface area contributed by atoms with Gasteiger partial charge in [-0.05, 0) is 20.3 Å². The van der Waals surface area contributed by atoms with Crippen LogP contribution < -0.4 is 0 Å². The average molecular weight is 196 g/mol. The first-order valence-corrected chi connectivity index (χ1v) is 4.66. The third-order valence-electron chi connectivity index (χ3n) is 2.06. The van der Waals surface area contributed by atoms with Gasteiger partial charge in [0, 0.05) is 5.57 Å². The van der Waals surface area contributed by atoms with Crippen molar-refractivity contribution < 1.29 is 14.3 Å². The second kappa shape index (κ2) is 4.42. The Balaban J connectivity index is 2.29. The molecule has 3 heteroatoms. The van der Waals surface area contributed by atoms with Gasteiger partial charge in [-0.25, -0.2) is 4.79 Å². The first-order chi connectivity index (χ1) is 6.57. The fourth-order valence-corrected chi connectivity index (χ4v) is 0.882. The molecule has 1 heterocycles. The second-order valence-electron chi connectivity index (χ2n) is 3.73. The van der Waals surface area contributed by atoms with Gasteiger partial charge in [-0.3, -0.25) is 0 Å². The highest BCUT2D eigenvalue weighted by molar-refractivity contribution is 5.87. The molecule has 0 aromatic heterocycles. The number of rotatable bonds is 5. The van der Waals surface area contributed by atoms with Gasteiger partial charge in [0.05, 0.1) is 6.61 Å². The fraction of sp³-hybridized carbons (Fsp3) is 0.545. The Labute approximate surface area is 84.4 Å². The van der Waals surface area contributed by atoms with Gasteiger partial charge < -0.3 is 9.47 Å². The van der Waals surface area contributed by atoms with Crippen LogP contribution in [0.4, 0.5) is 0 Å². The quantitative estimate of drug-likeness (QED) is 0.291. The number of esters is 1. The highest BCUT2D eigenvalue weighted by atomic mass is 16.6. The number of ether oxygens (including phenoxy) is 2. The third kappa shape index (κ3) is 3.34. The highest BCUT2D eigenvalue weighted by Gasteiger charge is 2.40. The predicted molar refractivity (Wildman–Crippen MR) is 53.9 cm³/mol. The lowest BCUT2D eigenvalue weighted by Gasteiger charge is -2.06. The minimum absolute atomic E-state index is 0.228. The highest BCUT2D eigenvalue weighted by Crippen LogP contribution is 2.26. The van der Waals surface area contributed by atoms with E-state index in [4.69, 9.17) is 9.47 Å². The maximum Gasteiger partial charge on any atom is 0.333 e. The number of carbonyl (C=O) groups is 1. The van der Waals surface area contributed by atoms with Crippen LogP contribution in [0, 0.1) is 0 Å². The van der Waals surface area contributed by atoms with Crippen molar-refractivity contribution >= 4 is 5.97 Å². The number of hydrogen-bond acceptors (Lipinski definition) is 3. The van der Waals surface area contributed by atoms with Crippen LogP contribution in [0.2, 0.25) is 0 Å². The molecule has 0 saturated carbocycles. The molecule has 0 amide bonds. The summed E-state index contributed by atoms with van der Waals surface area (Å²) < 4.78 is 10.2. The van der Waals surface area contributed by atoms with Crippen molar-refractivity contribution in [3.05, 3.63) is 24.3 Å². The van der Waals surface area contributed by atoms with E-state index in [0.717, 1.165) is 0 Å². The van der Waals surface area contributed by atoms with Crippen LogP contribution in [-0.4, -0.2) is 24.8 Å². The smallest absolute Gasteiger partial charge is 0.333 e. The molecular weight excluding hydrogens is 180 g/mol. The van der Waals surface area contributed by atoms with Crippen molar-refractivity contribution in [1.29, 1.82) is 0 Å². The zero-order valence-electron chi connectivity index (χ0n) is 8.71. The molecule has 0 aliphatic carbocycles. The SMILES string of the molecule is C=CC/C=C(\C)C(=O)OCC1(C)CO1. The molecule has 1 saturated heterocycles. The Hall–Kier alpha value is -1.09. The summed E-state index contributed by atoms with van der Waals surface area (Å²) in [5.74, 6) is -0.274. The molecule has 0 N–H and O–H groups in total. The summed E-state index contributed by atoms with van der Waals surface area (Å²) in [5, 5.41) is 0. The summed E-state index contributed by atoms with van der Waals surface area (Å²) in [6, 6.07) is 0. The molecule has 1 aliphatic rings. The fourth-order valence-electron chi connectivity index (χ4n) is 0.882. The van der Waals surface area contributed by atoms with Crippen LogP contribution in [0.5, 0.6) is 0 Å². The lowest BCUT2D eigenvalue weighted by molar-refractivity contribution is -0.140. The Morgan fingerprint density at radius 3 is 2.86 bits per heavy atom. The van der Waals surface area contributed by atoms with Crippen LogP contribution in [0.3, 0.4) is 0 Å². The molecule has 1 atom stereocenters. The van der Waals surface area contributed by atoms with Gasteiger partial charge in [0.25, 0.3) is 0 Å². The van der Waals surface area contributed by atoms with E-state index in [9.17, 15) is 4.79 Å². The molecule has 0 aromatic rings. The maximum atomic E-state index is 11.3. The summed E-state index contributed by atoms with van der Waals surface area (Å²) in [6.45, 7) is 8.24. The molecule has 0 spiro atoms. The lowest BCUT2D eigenvalue weighted by atomic mass is 10.2. The van der Waals surface area contributed by atoms with Gasteiger partial charge >= 0.3 is 5.97 Å². The zero-order valence-corrected chi connectivity index (χ0v) is 8.71. The molecule has 0 aromatic carbocycles. The van der Waals surface area contributed by atoms with Crippen LogP contribution in [0.15, 0.2) is 24.3 Å². The van der Waals surface area contributed by atoms with E-state index in [-0.39, 0.29) is 11.6 Å². The van der Waals surface area contributed by atoms with Gasteiger partial charge in [0.2, 0.25) is 0 Å². The number of allylic oxidation sites excluding steroid dienone is 2. The van der Waals surface area contributed by atoms with Gasteiger partial charge in [-0.15, -0.1) is 6.58 Å². The average Bonchev–Trinajstić information content (AvgIpc) is 2.90. The molecule has 0 radical (unpaired) electrons. The van der Waals surface area contributed by atoms with Gasteiger partial charge in [-0.2, -0.15) is 0 Å². The van der Waals surface area contributed by atoms with Gasteiger partial charge in [-0.1, -0.05) is 12.2 Å². The predicted octanol–water partition coefficient (Wildman–Crippen LogP) is 1.84. The van der Waals surface area contributed by atoms with Crippen molar-refractivity contribution in [1.82, 2.24) is 0 Å². The third-order valence-corrected chi connectivity index (χ3v) is 2.06. The minimum Gasteiger partial charge on any atom is -0.459 e. The van der Waals surface area contributed by atoms with Crippen molar-refractivity contribution in [2.45, 2.75) is 25.9 Å². The molecule has 14 heavy (non-hydrogen) atoms. The summed E-state index contributed by atoms with van der Waals surface area (Å²) in [7, 11) is 0. The van der Waals surface area contributed by atoms with Crippen LogP contribution in [0.25, 0.3) is 0 Å². The van der Waals surface area contributed by atoms with E-state index >= 15 is 0 Å². The van der Waals surface area contributed by atoms with E-state index in [0.29, 0.717) is 25.2 Å². The largest absolute Gasteiger partial charge is 0.459 e. The van der Waals surface area contributed by atoms with E-state index in [1.807, 2.05) is 6.92 Å². The molecule has 1 rings (SSSR count). The first kappa shape index (κ1) is 11.0. The molecule has 1 fully saturated rings. The van der Waals surface area contributed by atoms with Crippen molar-refractivity contribution in [3.63, 3.8) is 0 Å². The normalized spacial score (nSPS) is 25.7. The minimum atomic E-state index is -0.274. The van der Waals surface area contributed by atoms with Crippen LogP contribution >= 0.6 is 0 Å². The number of epoxide rings is 1. The monoisotopic (exact) mass is 196 g/mol. The molecular formula is C11H16O3. The Morgan fingerprint density at radius 1 is 1.71 bits per heavy atom. The van der Waals surface area contributed by atoms with E-state index in [1.54, 1.807) is 19.1 Å². The lowest BCUT2D eigenvalue weighted by Crippen LogP contribution is -2.18. The van der Waals surface area contributed by atoms with Crippen molar-refractivity contribution in [2.75, 3.05) is 13.2 Å². The van der Waals surface area contributed by atoms with Crippen LogP contribution in [0.1, 0.15) is 20.3 Å². The number of carbonyl (C=O) groups excluding carboxylic acids is 1. The van der Waals surface area contributed by atoms with Crippen molar-refractivity contribution in [3.8, 4) is 0 Å². The second-order valence-corrected chi connectivity index (χ2v) is 3.73. The Kier molecular flexibility index (Phi) is 3.47. The summed E-state index contributed by atoms with van der Waals surface area (Å²) in [6.07, 6.45) is 4.22. The summed E-state index contributed by atoms with van der Waals surface area (Å²) in [5.41, 5.74) is 0.392. The van der Waals surface area contributed by atoms with E-state index in [2.05, 4.69) is 6.58 Å². The maximum absolute atomic E-state index is 11.3. The molecule has 78 valence electrons. The van der Waals surface area contributed by atoms with Gasteiger partial charge in [0.15, 0.2) is 0 Å². The van der Waals surface area contributed by atoms with Crippen LogP contribution in [-0.2, 0) is 14.3 Å². The molecule has 3 nitrogen and oxygen atoms in total. The van der Waals surface area contributed by atoms with E-state index in [1.165, 1.54) is 0 Å². The molecule has 1 aliphatic heterocycles. The van der Waals surface area contributed by atoms with E-state index < -0.39 is 0 Å². The molecule has 1 unspecified atom stereocenters. The van der Waals surface area contributed by atoms with Gasteiger partial charge in [0.1, 0.15) is 12.2 Å². The Morgan fingerprint density at radius 2 is 2.36 bits per heavy atom. The standard InChI is InChI=1S/C11H16O3/c1-4-5-6-9(2)10(12)13-7-11(3)8-14-11/h4,6H,1,5,7-8H2,2-3H3/b9-6+. The van der Waals surface area contributed by atoms with Crippen molar-refractivity contribution in [2.24, 2.45) is 0 Å². The first-order valence-electron chi connectivity index (χ1n) is 4.66. The molecule has 0 bridgehead atoms. The topological polar surface area (TPSA) is 38.8 Å². The summed E-state index contributed by atoms with van der Waals surface area (Å²) >= 11 is 0. The summed E-state index contributed by atoms with van der Waals surface area (Å²) in [4.78, 5) is 11.3. The zero-order chi connectivity index (χ0) is 10.6. The number of hydrogen-bond donors (Lipinski definition) is 0.